The molecule has 5 rings (SSSR count). The summed E-state index contributed by atoms with van der Waals surface area (Å²) < 4.78 is 0. The van der Waals surface area contributed by atoms with E-state index >= 15 is 0 Å². The number of hydrogen-bond acceptors (Lipinski definition) is 3. The molecule has 5 nitrogen and oxygen atoms in total. The van der Waals surface area contributed by atoms with E-state index in [0.717, 1.165) is 22.4 Å². The first-order valence-corrected chi connectivity index (χ1v) is 10.9. The molecule has 0 unspecified atom stereocenters. The van der Waals surface area contributed by atoms with Gasteiger partial charge in [-0.3, -0.25) is 14.7 Å². The summed E-state index contributed by atoms with van der Waals surface area (Å²) in [7, 11) is 0. The van der Waals surface area contributed by atoms with Crippen LogP contribution in [0, 0.1) is 36.6 Å². The Hall–Kier alpha value is -4.92. The van der Waals surface area contributed by atoms with E-state index in [1.165, 1.54) is 6.07 Å². The summed E-state index contributed by atoms with van der Waals surface area (Å²) in [6.07, 6.45) is 3.44. The van der Waals surface area contributed by atoms with Crippen LogP contribution in [0.25, 0.3) is 43.3 Å². The van der Waals surface area contributed by atoms with Crippen molar-refractivity contribution in [2.45, 2.75) is 0 Å². The van der Waals surface area contributed by atoms with E-state index in [2.05, 4.69) is 31.8 Å². The molecule has 37 heavy (non-hydrogen) atoms. The van der Waals surface area contributed by atoms with Crippen molar-refractivity contribution in [3.63, 3.8) is 0 Å². The molecule has 0 amide bonds. The molecule has 6 heteroatoms. The smallest absolute Gasteiger partial charge is 0.181 e. The molecular formula is C31H17IrN5-2. The van der Waals surface area contributed by atoms with E-state index in [4.69, 9.17) is 18.4 Å². The minimum absolute atomic E-state index is 0. The monoisotopic (exact) mass is 652 g/mol. The first kappa shape index (κ1) is 26.7. The molecule has 1 radical (unpaired) electrons. The third kappa shape index (κ3) is 6.60. The van der Waals surface area contributed by atoms with Crippen molar-refractivity contribution >= 4 is 11.4 Å². The van der Waals surface area contributed by atoms with Gasteiger partial charge in [-0.15, -0.1) is 48.0 Å². The maximum absolute atomic E-state index is 9.14. The Bertz CT molecular complexity index is 1560. The molecule has 0 spiro atoms. The molecule has 0 aliphatic rings. The van der Waals surface area contributed by atoms with E-state index in [1.54, 1.807) is 12.4 Å². The Kier molecular flexibility index (Phi) is 9.55. The van der Waals surface area contributed by atoms with Crippen LogP contribution in [0.1, 0.15) is 5.56 Å². The fraction of sp³-hybridized carbons (Fsp3) is 0. The van der Waals surface area contributed by atoms with Gasteiger partial charge in [-0.1, -0.05) is 59.7 Å². The number of rotatable bonds is 3. The van der Waals surface area contributed by atoms with Gasteiger partial charge in [0, 0.05) is 38.2 Å². The average molecular weight is 652 g/mol. The second-order valence-corrected chi connectivity index (χ2v) is 7.41. The van der Waals surface area contributed by atoms with E-state index in [-0.39, 0.29) is 37.0 Å². The molecule has 177 valence electrons. The van der Waals surface area contributed by atoms with Crippen molar-refractivity contribution in [1.82, 2.24) is 9.97 Å². The number of nitrogens with zero attached hydrogens (tertiary/aromatic N) is 5. The molecule has 0 fully saturated rings. The first-order valence-electron chi connectivity index (χ1n) is 10.9. The average Bonchev–Trinajstić information content (AvgIpc) is 2.98. The van der Waals surface area contributed by atoms with Crippen LogP contribution in [-0.2, 0) is 20.1 Å². The molecule has 2 heterocycles. The number of hydrogen-bond donors (Lipinski definition) is 0. The van der Waals surface area contributed by atoms with Crippen molar-refractivity contribution in [1.29, 1.82) is 5.26 Å². The Labute approximate surface area is 229 Å². The summed E-state index contributed by atoms with van der Waals surface area (Å²) in [5, 5.41) is 9.14. The van der Waals surface area contributed by atoms with Crippen LogP contribution in [0.15, 0.2) is 103 Å². The van der Waals surface area contributed by atoms with Crippen LogP contribution in [0.2, 0.25) is 0 Å². The number of aromatic nitrogens is 2. The van der Waals surface area contributed by atoms with Gasteiger partial charge < -0.3 is 4.98 Å². The van der Waals surface area contributed by atoms with Crippen molar-refractivity contribution in [3.05, 3.63) is 144 Å². The Balaban J connectivity index is 0.000000246. The summed E-state index contributed by atoms with van der Waals surface area (Å²) >= 11 is 0. The predicted molar refractivity (Wildman–Crippen MR) is 140 cm³/mol. The van der Waals surface area contributed by atoms with Gasteiger partial charge in [0.2, 0.25) is 0 Å². The van der Waals surface area contributed by atoms with Gasteiger partial charge in [0.15, 0.2) is 11.4 Å². The van der Waals surface area contributed by atoms with Crippen LogP contribution in [0.5, 0.6) is 0 Å². The van der Waals surface area contributed by atoms with E-state index in [0.29, 0.717) is 11.3 Å². The van der Waals surface area contributed by atoms with Gasteiger partial charge in [0.25, 0.3) is 0 Å². The maximum Gasteiger partial charge on any atom is 0.181 e. The standard InChI is InChI=1S/C20H9N4.C11H8N.Ir/c1-22-19-11-14(13-21)10-17(20(19)23-2)18-12-16(8-9-24-18)15-6-4-3-5-7-15;1-2-6-10(7-3-1)11-8-4-5-9-12-11;/h3-9,11-12H;1-6,8-9H;/q2*-1;. The molecule has 0 N–H and O–H groups in total. The zero-order valence-electron chi connectivity index (χ0n) is 19.4. The zero-order chi connectivity index (χ0) is 25.2. The summed E-state index contributed by atoms with van der Waals surface area (Å²) in [6.45, 7) is 14.6. The fourth-order valence-electron chi connectivity index (χ4n) is 3.46. The molecule has 0 saturated carbocycles. The first-order chi connectivity index (χ1) is 17.7. The van der Waals surface area contributed by atoms with Gasteiger partial charge >= 0.3 is 0 Å². The van der Waals surface area contributed by atoms with Crippen LogP contribution < -0.4 is 0 Å². The Morgan fingerprint density at radius 3 is 2.16 bits per heavy atom. The predicted octanol–water partition coefficient (Wildman–Crippen LogP) is 7.74. The summed E-state index contributed by atoms with van der Waals surface area (Å²) in [5.74, 6) is 0. The quantitative estimate of drug-likeness (QED) is 0.188. The molecule has 0 bridgehead atoms. The van der Waals surface area contributed by atoms with Gasteiger partial charge in [-0.25, -0.2) is 5.26 Å². The Morgan fingerprint density at radius 1 is 0.757 bits per heavy atom. The van der Waals surface area contributed by atoms with Crippen LogP contribution in [0.4, 0.5) is 11.4 Å². The maximum atomic E-state index is 9.14. The van der Waals surface area contributed by atoms with Crippen molar-refractivity contribution in [3.8, 4) is 39.7 Å². The third-order valence-electron chi connectivity index (χ3n) is 5.15. The van der Waals surface area contributed by atoms with Gasteiger partial charge in [0.1, 0.15) is 0 Å². The molecule has 0 aliphatic carbocycles. The van der Waals surface area contributed by atoms with Crippen molar-refractivity contribution < 1.29 is 20.1 Å². The molecule has 3 aromatic carbocycles. The second-order valence-electron chi connectivity index (χ2n) is 7.41. The molecular weight excluding hydrogens is 635 g/mol. The molecule has 0 aliphatic heterocycles. The van der Waals surface area contributed by atoms with Crippen LogP contribution in [-0.4, -0.2) is 9.97 Å². The molecule has 0 atom stereocenters. The minimum atomic E-state index is 0. The number of pyridine rings is 2. The Morgan fingerprint density at radius 2 is 1.51 bits per heavy atom. The SMILES string of the molecule is [C-]#[N+]c1cc(C#N)[c-]c(-c2cc(-c3ccccc3)ccn2)c1[N+]#[C-].[Ir].[c-]1ccccc1-c1ccccn1. The molecule has 2 aromatic heterocycles. The summed E-state index contributed by atoms with van der Waals surface area (Å²) in [6, 6.07) is 36.6. The summed E-state index contributed by atoms with van der Waals surface area (Å²) in [5.41, 5.74) is 5.40. The number of benzene rings is 3. The van der Waals surface area contributed by atoms with Gasteiger partial charge in [0.05, 0.1) is 13.1 Å². The van der Waals surface area contributed by atoms with E-state index in [1.807, 2.05) is 91.0 Å². The van der Waals surface area contributed by atoms with Crippen LogP contribution >= 0.6 is 0 Å². The summed E-state index contributed by atoms with van der Waals surface area (Å²) in [4.78, 5) is 15.3. The molecule has 0 saturated heterocycles. The number of nitriles is 1. The minimum Gasteiger partial charge on any atom is -0.305 e. The molecule has 5 aromatic rings. The normalized spacial score (nSPS) is 9.32. The van der Waals surface area contributed by atoms with Gasteiger partial charge in [-0.05, 0) is 35.0 Å². The topological polar surface area (TPSA) is 58.3 Å². The second kappa shape index (κ2) is 13.2. The van der Waals surface area contributed by atoms with Crippen molar-refractivity contribution in [2.75, 3.05) is 0 Å². The largest absolute Gasteiger partial charge is 0.305 e. The fourth-order valence-corrected chi connectivity index (χ4v) is 3.46. The van der Waals surface area contributed by atoms with Gasteiger partial charge in [-0.2, -0.15) is 0 Å². The van der Waals surface area contributed by atoms with E-state index in [9.17, 15) is 0 Å². The van der Waals surface area contributed by atoms with Crippen LogP contribution in [0.3, 0.4) is 0 Å². The van der Waals surface area contributed by atoms with E-state index < -0.39 is 0 Å². The van der Waals surface area contributed by atoms with Crippen molar-refractivity contribution in [2.24, 2.45) is 0 Å². The zero-order valence-corrected chi connectivity index (χ0v) is 21.8. The third-order valence-corrected chi connectivity index (χ3v) is 5.15.